The molecule has 9 rings (SSSR count). The Morgan fingerprint density at radius 3 is 2.19 bits per heavy atom. The first-order valence-electron chi connectivity index (χ1n) is 17.6. The summed E-state index contributed by atoms with van der Waals surface area (Å²) in [6.07, 6.45) is 5.58. The number of para-hydroxylation sites is 1. The fourth-order valence-corrected chi connectivity index (χ4v) is 8.61. The van der Waals surface area contributed by atoms with E-state index in [4.69, 9.17) is 0 Å². The Balaban J connectivity index is 1.14. The molecule has 0 spiro atoms. The molecule has 52 heavy (non-hydrogen) atoms. The zero-order valence-corrected chi connectivity index (χ0v) is 28.9. The number of rotatable bonds is 4. The lowest BCUT2D eigenvalue weighted by molar-refractivity contribution is 0.394. The Hall–Kier alpha value is -6.87. The molecule has 0 radical (unpaired) electrons. The summed E-state index contributed by atoms with van der Waals surface area (Å²) in [6.45, 7) is 4.53. The number of allylic oxidation sites excluding steroid dienone is 1. The van der Waals surface area contributed by atoms with E-state index in [2.05, 4.69) is 133 Å². The van der Waals surface area contributed by atoms with Crippen molar-refractivity contribution < 1.29 is 0 Å². The summed E-state index contributed by atoms with van der Waals surface area (Å²) in [6, 6.07) is 50.7. The van der Waals surface area contributed by atoms with Crippen LogP contribution < -0.4 is 4.90 Å². The largest absolute Gasteiger partial charge is 0.336 e. The first kappa shape index (κ1) is 31.1. The number of nitrogens with zero attached hydrogens (tertiary/aromatic N) is 5. The van der Waals surface area contributed by atoms with Gasteiger partial charge in [0.05, 0.1) is 51.6 Å². The molecular formula is C47H33N5. The van der Waals surface area contributed by atoms with E-state index in [1.165, 1.54) is 0 Å². The Morgan fingerprint density at radius 2 is 1.38 bits per heavy atom. The van der Waals surface area contributed by atoms with E-state index in [9.17, 15) is 15.8 Å². The van der Waals surface area contributed by atoms with Crippen molar-refractivity contribution in [1.82, 2.24) is 4.57 Å². The third kappa shape index (κ3) is 4.66. The lowest BCUT2D eigenvalue weighted by atomic mass is 9.71. The van der Waals surface area contributed by atoms with Gasteiger partial charge in [0.2, 0.25) is 0 Å². The standard InChI is InChI=1S/C47H33N5/c1-30-21-22-47(2)40-24-31(27-48)14-20-42(40)52(45(47)23-30)44-25-32(28-49)13-19-38(44)35-8-5-7-34(26-35)33-15-17-37(18-16-33)51-41-11-4-3-10-39(41)46-36(29-50)9-6-12-43(46)51/h3-22,24-26,30,45H,23H2,1-2H3. The van der Waals surface area contributed by atoms with E-state index in [0.717, 1.165) is 73.1 Å². The summed E-state index contributed by atoms with van der Waals surface area (Å²) in [5, 5.41) is 31.8. The van der Waals surface area contributed by atoms with Gasteiger partial charge in [0.15, 0.2) is 0 Å². The molecular weight excluding hydrogens is 635 g/mol. The second-order valence-electron chi connectivity index (χ2n) is 14.2. The number of benzene rings is 6. The first-order chi connectivity index (χ1) is 25.4. The second-order valence-corrected chi connectivity index (χ2v) is 14.2. The first-order valence-corrected chi connectivity index (χ1v) is 17.6. The van der Waals surface area contributed by atoms with Crippen LogP contribution in [0.4, 0.5) is 11.4 Å². The van der Waals surface area contributed by atoms with E-state index >= 15 is 0 Å². The minimum absolute atomic E-state index is 0.130. The van der Waals surface area contributed by atoms with Crippen molar-refractivity contribution in [2.75, 3.05) is 4.90 Å². The number of anilines is 2. The average Bonchev–Trinajstić information content (AvgIpc) is 3.66. The number of nitriles is 3. The smallest absolute Gasteiger partial charge is 0.0998 e. The molecule has 1 aliphatic carbocycles. The zero-order valence-electron chi connectivity index (χ0n) is 28.9. The highest BCUT2D eigenvalue weighted by Crippen LogP contribution is 2.55. The van der Waals surface area contributed by atoms with Gasteiger partial charge in [-0.1, -0.05) is 79.7 Å². The van der Waals surface area contributed by atoms with Crippen LogP contribution >= 0.6 is 0 Å². The van der Waals surface area contributed by atoms with Crippen molar-refractivity contribution in [2.24, 2.45) is 5.92 Å². The Kier molecular flexibility index (Phi) is 7.11. The Bertz CT molecular complexity index is 2750. The maximum absolute atomic E-state index is 10.1. The monoisotopic (exact) mass is 667 g/mol. The second kappa shape index (κ2) is 11.9. The molecule has 0 saturated carbocycles. The molecule has 0 N–H and O–H groups in total. The van der Waals surface area contributed by atoms with E-state index < -0.39 is 0 Å². The van der Waals surface area contributed by atoms with Gasteiger partial charge in [-0.3, -0.25) is 0 Å². The SMILES string of the molecule is CC1C=CC2(C)c3cc(C#N)ccc3N(c3cc(C#N)ccc3-c3cccc(-c4ccc(-n5c6ccccc6c6c(C#N)cccc65)cc4)c3)C2C1. The van der Waals surface area contributed by atoms with Gasteiger partial charge in [-0.15, -0.1) is 0 Å². The molecule has 5 nitrogen and oxygen atoms in total. The van der Waals surface area contributed by atoms with E-state index in [1.807, 2.05) is 48.5 Å². The van der Waals surface area contributed by atoms with Crippen molar-refractivity contribution in [3.05, 3.63) is 162 Å². The van der Waals surface area contributed by atoms with Crippen molar-refractivity contribution in [3.8, 4) is 46.1 Å². The molecule has 1 aliphatic heterocycles. The average molecular weight is 668 g/mol. The number of hydrogen-bond donors (Lipinski definition) is 0. The highest BCUT2D eigenvalue weighted by molar-refractivity contribution is 6.11. The van der Waals surface area contributed by atoms with Crippen molar-refractivity contribution in [2.45, 2.75) is 31.7 Å². The van der Waals surface area contributed by atoms with Gasteiger partial charge in [-0.2, -0.15) is 15.8 Å². The summed E-state index contributed by atoms with van der Waals surface area (Å²) in [5.74, 6) is 0.398. The maximum Gasteiger partial charge on any atom is 0.0998 e. The molecule has 3 unspecified atom stereocenters. The van der Waals surface area contributed by atoms with E-state index in [0.29, 0.717) is 22.6 Å². The fourth-order valence-electron chi connectivity index (χ4n) is 8.61. The quantitative estimate of drug-likeness (QED) is 0.175. The number of fused-ring (bicyclic) bond motifs is 6. The minimum atomic E-state index is -0.273. The van der Waals surface area contributed by atoms with E-state index in [-0.39, 0.29) is 11.5 Å². The molecule has 1 aromatic heterocycles. The van der Waals surface area contributed by atoms with Crippen LogP contribution in [-0.4, -0.2) is 10.6 Å². The molecule has 6 aromatic carbocycles. The van der Waals surface area contributed by atoms with Crippen molar-refractivity contribution in [3.63, 3.8) is 0 Å². The molecule has 0 bridgehead atoms. The number of aromatic nitrogens is 1. The highest BCUT2D eigenvalue weighted by Gasteiger charge is 2.49. The molecule has 2 heterocycles. The van der Waals surface area contributed by atoms with Crippen LogP contribution in [0.5, 0.6) is 0 Å². The summed E-state index contributed by atoms with van der Waals surface area (Å²) < 4.78 is 2.23. The summed E-state index contributed by atoms with van der Waals surface area (Å²) in [7, 11) is 0. The summed E-state index contributed by atoms with van der Waals surface area (Å²) in [4.78, 5) is 2.43. The van der Waals surface area contributed by atoms with Crippen LogP contribution in [0.1, 0.15) is 42.5 Å². The van der Waals surface area contributed by atoms with Gasteiger partial charge in [0.1, 0.15) is 0 Å². The van der Waals surface area contributed by atoms with Gasteiger partial charge in [0, 0.05) is 39.2 Å². The Morgan fingerprint density at radius 1 is 0.654 bits per heavy atom. The third-order valence-electron chi connectivity index (χ3n) is 11.2. The zero-order chi connectivity index (χ0) is 35.6. The van der Waals surface area contributed by atoms with Gasteiger partial charge in [-0.25, -0.2) is 0 Å². The summed E-state index contributed by atoms with van der Waals surface area (Å²) in [5.41, 5.74) is 12.3. The topological polar surface area (TPSA) is 79.5 Å². The fraction of sp³-hybridized carbons (Fsp3) is 0.128. The maximum atomic E-state index is 10.1. The molecule has 246 valence electrons. The third-order valence-corrected chi connectivity index (χ3v) is 11.2. The molecule has 3 atom stereocenters. The van der Waals surface area contributed by atoms with Gasteiger partial charge >= 0.3 is 0 Å². The van der Waals surface area contributed by atoms with Crippen molar-refractivity contribution in [1.29, 1.82) is 15.8 Å². The highest BCUT2D eigenvalue weighted by atomic mass is 15.2. The minimum Gasteiger partial charge on any atom is -0.336 e. The van der Waals surface area contributed by atoms with Gasteiger partial charge in [0.25, 0.3) is 0 Å². The molecule has 0 amide bonds. The number of hydrogen-bond acceptors (Lipinski definition) is 4. The molecule has 2 aliphatic rings. The van der Waals surface area contributed by atoms with Gasteiger partial charge in [-0.05, 0) is 108 Å². The normalized spacial score (nSPS) is 18.8. The van der Waals surface area contributed by atoms with Crippen LogP contribution in [0.2, 0.25) is 0 Å². The Labute approximate surface area is 303 Å². The summed E-state index contributed by atoms with van der Waals surface area (Å²) >= 11 is 0. The lowest BCUT2D eigenvalue weighted by Crippen LogP contribution is -2.43. The van der Waals surface area contributed by atoms with Crippen LogP contribution in [0.25, 0.3) is 49.7 Å². The molecule has 5 heteroatoms. The molecule has 0 saturated heterocycles. The van der Waals surface area contributed by atoms with Crippen LogP contribution in [0.3, 0.4) is 0 Å². The molecule has 0 fully saturated rings. The van der Waals surface area contributed by atoms with Crippen LogP contribution in [0, 0.1) is 39.9 Å². The lowest BCUT2D eigenvalue weighted by Gasteiger charge is -2.40. The molecule has 7 aromatic rings. The predicted octanol–water partition coefficient (Wildman–Crippen LogP) is 11.1. The van der Waals surface area contributed by atoms with E-state index in [1.54, 1.807) is 0 Å². The van der Waals surface area contributed by atoms with Crippen LogP contribution in [0.15, 0.2) is 140 Å². The van der Waals surface area contributed by atoms with Gasteiger partial charge < -0.3 is 9.47 Å². The van der Waals surface area contributed by atoms with Crippen molar-refractivity contribution >= 4 is 33.2 Å². The predicted molar refractivity (Wildman–Crippen MR) is 208 cm³/mol. The van der Waals surface area contributed by atoms with Crippen LogP contribution in [-0.2, 0) is 5.41 Å².